The van der Waals surface area contributed by atoms with E-state index in [2.05, 4.69) is 5.10 Å². The number of morpholine rings is 1. The van der Waals surface area contributed by atoms with E-state index in [1.807, 2.05) is 77.2 Å². The lowest BCUT2D eigenvalue weighted by Crippen LogP contribution is -2.42. The molecule has 1 unspecified atom stereocenters. The molecule has 4 rings (SSSR count). The zero-order valence-corrected chi connectivity index (χ0v) is 14.7. The van der Waals surface area contributed by atoms with Crippen LogP contribution in [0.4, 0.5) is 0 Å². The van der Waals surface area contributed by atoms with Crippen LogP contribution in [-0.4, -0.2) is 40.3 Å². The molecule has 1 aromatic heterocycles. The van der Waals surface area contributed by atoms with Crippen molar-refractivity contribution in [2.24, 2.45) is 0 Å². The molecule has 5 nitrogen and oxygen atoms in total. The quantitative estimate of drug-likeness (QED) is 0.730. The standard InChI is InChI=1S/C21H21N3O2/c1-16-11-12-22-24(16)19-9-7-18(8-10-19)21(25)23-13-14-26-20(15-23)17-5-3-2-4-6-17/h2-12,20H,13-15H2,1H3. The molecule has 1 fully saturated rings. The van der Waals surface area contributed by atoms with Crippen LogP contribution in [0.15, 0.2) is 66.9 Å². The number of hydrogen-bond acceptors (Lipinski definition) is 3. The summed E-state index contributed by atoms with van der Waals surface area (Å²) in [5.41, 5.74) is 3.80. The molecule has 0 bridgehead atoms. The summed E-state index contributed by atoms with van der Waals surface area (Å²) in [7, 11) is 0. The first-order valence-electron chi connectivity index (χ1n) is 8.79. The predicted octanol–water partition coefficient (Wildman–Crippen LogP) is 3.39. The van der Waals surface area contributed by atoms with Crippen molar-refractivity contribution in [2.75, 3.05) is 19.7 Å². The van der Waals surface area contributed by atoms with Gasteiger partial charge < -0.3 is 9.64 Å². The van der Waals surface area contributed by atoms with Crippen molar-refractivity contribution in [3.63, 3.8) is 0 Å². The van der Waals surface area contributed by atoms with Gasteiger partial charge in [-0.2, -0.15) is 5.10 Å². The Hall–Kier alpha value is -2.92. The van der Waals surface area contributed by atoms with Crippen LogP contribution in [-0.2, 0) is 4.74 Å². The fraction of sp³-hybridized carbons (Fsp3) is 0.238. The highest BCUT2D eigenvalue weighted by Gasteiger charge is 2.26. The van der Waals surface area contributed by atoms with E-state index in [1.165, 1.54) is 0 Å². The van der Waals surface area contributed by atoms with Gasteiger partial charge in [0.2, 0.25) is 0 Å². The first-order chi connectivity index (χ1) is 12.7. The molecule has 2 aromatic carbocycles. The lowest BCUT2D eigenvalue weighted by molar-refractivity contribution is -0.0228. The van der Waals surface area contributed by atoms with Crippen LogP contribution >= 0.6 is 0 Å². The van der Waals surface area contributed by atoms with Gasteiger partial charge in [-0.25, -0.2) is 4.68 Å². The zero-order valence-electron chi connectivity index (χ0n) is 14.7. The molecule has 0 aliphatic carbocycles. The second kappa shape index (κ2) is 7.14. The molecule has 0 radical (unpaired) electrons. The third-order valence-electron chi connectivity index (χ3n) is 4.72. The van der Waals surface area contributed by atoms with E-state index in [9.17, 15) is 4.79 Å². The van der Waals surface area contributed by atoms with Crippen LogP contribution in [0.3, 0.4) is 0 Å². The average Bonchev–Trinajstić information content (AvgIpc) is 3.14. The second-order valence-electron chi connectivity index (χ2n) is 6.45. The van der Waals surface area contributed by atoms with Crippen LogP contribution in [0.25, 0.3) is 5.69 Å². The van der Waals surface area contributed by atoms with E-state index in [0.717, 1.165) is 16.9 Å². The van der Waals surface area contributed by atoms with Crippen molar-refractivity contribution in [1.82, 2.24) is 14.7 Å². The van der Waals surface area contributed by atoms with Crippen molar-refractivity contribution in [1.29, 1.82) is 0 Å². The lowest BCUT2D eigenvalue weighted by Gasteiger charge is -2.33. The van der Waals surface area contributed by atoms with Gasteiger partial charge in [-0.3, -0.25) is 4.79 Å². The van der Waals surface area contributed by atoms with Gasteiger partial charge in [0.15, 0.2) is 0 Å². The smallest absolute Gasteiger partial charge is 0.254 e. The lowest BCUT2D eigenvalue weighted by atomic mass is 10.1. The minimum atomic E-state index is -0.0695. The zero-order chi connectivity index (χ0) is 17.9. The molecule has 132 valence electrons. The Balaban J connectivity index is 1.49. The predicted molar refractivity (Wildman–Crippen MR) is 99.3 cm³/mol. The van der Waals surface area contributed by atoms with Crippen molar-refractivity contribution >= 4 is 5.91 Å². The second-order valence-corrected chi connectivity index (χ2v) is 6.45. The summed E-state index contributed by atoms with van der Waals surface area (Å²) in [6, 6.07) is 19.6. The van der Waals surface area contributed by atoms with E-state index in [-0.39, 0.29) is 12.0 Å². The summed E-state index contributed by atoms with van der Waals surface area (Å²) < 4.78 is 7.71. The third-order valence-corrected chi connectivity index (χ3v) is 4.72. The van der Waals surface area contributed by atoms with Crippen LogP contribution < -0.4 is 0 Å². The van der Waals surface area contributed by atoms with Gasteiger partial charge in [-0.05, 0) is 42.8 Å². The molecule has 1 atom stereocenters. The van der Waals surface area contributed by atoms with E-state index in [0.29, 0.717) is 25.3 Å². The summed E-state index contributed by atoms with van der Waals surface area (Å²) in [5.74, 6) is 0.0398. The molecule has 0 N–H and O–H groups in total. The maximum atomic E-state index is 12.9. The van der Waals surface area contributed by atoms with Crippen molar-refractivity contribution in [3.05, 3.63) is 83.7 Å². The van der Waals surface area contributed by atoms with Gasteiger partial charge in [0, 0.05) is 24.0 Å². The monoisotopic (exact) mass is 347 g/mol. The number of aryl methyl sites for hydroxylation is 1. The Kier molecular flexibility index (Phi) is 4.54. The highest BCUT2D eigenvalue weighted by Crippen LogP contribution is 2.23. The minimum absolute atomic E-state index is 0.0398. The Morgan fingerprint density at radius 1 is 1.08 bits per heavy atom. The van der Waals surface area contributed by atoms with Gasteiger partial charge in [0.05, 0.1) is 18.8 Å². The minimum Gasteiger partial charge on any atom is -0.370 e. The summed E-state index contributed by atoms with van der Waals surface area (Å²) in [5, 5.41) is 4.30. The molecular weight excluding hydrogens is 326 g/mol. The van der Waals surface area contributed by atoms with Gasteiger partial charge in [0.1, 0.15) is 6.10 Å². The number of ether oxygens (including phenoxy) is 1. The van der Waals surface area contributed by atoms with Crippen LogP contribution in [0.2, 0.25) is 0 Å². The average molecular weight is 347 g/mol. The van der Waals surface area contributed by atoms with E-state index in [4.69, 9.17) is 4.74 Å². The Bertz CT molecular complexity index is 887. The fourth-order valence-electron chi connectivity index (χ4n) is 3.27. The van der Waals surface area contributed by atoms with Crippen molar-refractivity contribution < 1.29 is 9.53 Å². The molecule has 5 heteroatoms. The Morgan fingerprint density at radius 2 is 1.85 bits per heavy atom. The molecule has 1 aliphatic heterocycles. The summed E-state index contributed by atoms with van der Waals surface area (Å²) in [6.45, 7) is 3.74. The first-order valence-corrected chi connectivity index (χ1v) is 8.79. The topological polar surface area (TPSA) is 47.4 Å². The number of hydrogen-bond donors (Lipinski definition) is 0. The molecule has 0 spiro atoms. The van der Waals surface area contributed by atoms with Gasteiger partial charge in [0.25, 0.3) is 5.91 Å². The van der Waals surface area contributed by atoms with Crippen LogP contribution in [0.1, 0.15) is 27.7 Å². The molecule has 2 heterocycles. The third kappa shape index (κ3) is 3.26. The number of benzene rings is 2. The normalized spacial score (nSPS) is 17.3. The van der Waals surface area contributed by atoms with E-state index < -0.39 is 0 Å². The Labute approximate surface area is 152 Å². The number of rotatable bonds is 3. The summed E-state index contributed by atoms with van der Waals surface area (Å²) in [4.78, 5) is 14.8. The maximum absolute atomic E-state index is 12.9. The van der Waals surface area contributed by atoms with Crippen LogP contribution in [0, 0.1) is 6.92 Å². The molecular formula is C21H21N3O2. The molecule has 3 aromatic rings. The molecule has 1 aliphatic rings. The van der Waals surface area contributed by atoms with Gasteiger partial charge >= 0.3 is 0 Å². The fourth-order valence-corrected chi connectivity index (χ4v) is 3.27. The number of aromatic nitrogens is 2. The van der Waals surface area contributed by atoms with E-state index >= 15 is 0 Å². The highest BCUT2D eigenvalue weighted by atomic mass is 16.5. The number of amides is 1. The summed E-state index contributed by atoms with van der Waals surface area (Å²) >= 11 is 0. The van der Waals surface area contributed by atoms with E-state index in [1.54, 1.807) is 6.20 Å². The number of carbonyl (C=O) groups is 1. The van der Waals surface area contributed by atoms with Crippen LogP contribution in [0.5, 0.6) is 0 Å². The summed E-state index contributed by atoms with van der Waals surface area (Å²) in [6.07, 6.45) is 1.70. The highest BCUT2D eigenvalue weighted by molar-refractivity contribution is 5.94. The van der Waals surface area contributed by atoms with Crippen molar-refractivity contribution in [3.8, 4) is 5.69 Å². The molecule has 1 saturated heterocycles. The van der Waals surface area contributed by atoms with Gasteiger partial charge in [-0.15, -0.1) is 0 Å². The number of nitrogens with zero attached hydrogens (tertiary/aromatic N) is 3. The van der Waals surface area contributed by atoms with Crippen molar-refractivity contribution in [2.45, 2.75) is 13.0 Å². The largest absolute Gasteiger partial charge is 0.370 e. The molecule has 1 amide bonds. The van der Waals surface area contributed by atoms with Gasteiger partial charge in [-0.1, -0.05) is 30.3 Å². The molecule has 0 saturated carbocycles. The SMILES string of the molecule is Cc1ccnn1-c1ccc(C(=O)N2CCOC(c3ccccc3)C2)cc1. The molecule has 26 heavy (non-hydrogen) atoms. The maximum Gasteiger partial charge on any atom is 0.254 e. The number of carbonyl (C=O) groups excluding carboxylic acids is 1. The first kappa shape index (κ1) is 16.5. The Morgan fingerprint density at radius 3 is 2.54 bits per heavy atom.